The van der Waals surface area contributed by atoms with Gasteiger partial charge in [0.1, 0.15) is 11.5 Å². The summed E-state index contributed by atoms with van der Waals surface area (Å²) in [5.41, 5.74) is 2.95. The zero-order chi connectivity index (χ0) is 16.8. The Bertz CT molecular complexity index is 952. The average molecular weight is 348 g/mol. The zero-order valence-electron chi connectivity index (χ0n) is 13.4. The van der Waals surface area contributed by atoms with Crippen LogP contribution in [-0.2, 0) is 0 Å². The Kier molecular flexibility index (Phi) is 3.28. The second-order valence-corrected chi connectivity index (χ2v) is 7.14. The maximum Gasteiger partial charge on any atom is 0.217 e. The number of hydrogen-bond donors (Lipinski definition) is 1. The molecule has 124 valence electrons. The number of benzene rings is 2. The van der Waals surface area contributed by atoms with Gasteiger partial charge in [0, 0.05) is 12.0 Å². The van der Waals surface area contributed by atoms with Crippen molar-refractivity contribution < 1.29 is 9.84 Å². The van der Waals surface area contributed by atoms with Crippen LogP contribution in [0.15, 0.2) is 71.1 Å². The quantitative estimate of drug-likeness (QED) is 0.730. The van der Waals surface area contributed by atoms with Crippen molar-refractivity contribution in [2.45, 2.75) is 18.7 Å². The molecule has 0 fully saturated rings. The van der Waals surface area contributed by atoms with E-state index in [9.17, 15) is 5.11 Å². The number of phenols is 1. The molecule has 0 saturated heterocycles. The lowest BCUT2D eigenvalue weighted by Crippen LogP contribution is -2.33. The number of phenolic OH excluding ortho intramolecular Hbond substituents is 1. The number of aromatic hydroxyl groups is 1. The Morgan fingerprint density at radius 2 is 1.80 bits per heavy atom. The SMILES string of the molecule is Oc1ccccc1[C@H]1Oc2ccccc2[C@H]2CC(c3cccs3)=NN21. The van der Waals surface area contributed by atoms with Crippen molar-refractivity contribution in [1.29, 1.82) is 0 Å². The van der Waals surface area contributed by atoms with Gasteiger partial charge in [-0.2, -0.15) is 5.10 Å². The molecule has 2 aromatic carbocycles. The van der Waals surface area contributed by atoms with Crippen molar-refractivity contribution in [3.05, 3.63) is 82.0 Å². The lowest BCUT2D eigenvalue weighted by molar-refractivity contribution is -0.0203. The van der Waals surface area contributed by atoms with Gasteiger partial charge in [0.05, 0.1) is 22.2 Å². The van der Waals surface area contributed by atoms with Crippen molar-refractivity contribution in [3.8, 4) is 11.5 Å². The Morgan fingerprint density at radius 1 is 1.00 bits per heavy atom. The van der Waals surface area contributed by atoms with Gasteiger partial charge in [0.2, 0.25) is 6.23 Å². The summed E-state index contributed by atoms with van der Waals surface area (Å²) in [7, 11) is 0. The smallest absolute Gasteiger partial charge is 0.217 e. The summed E-state index contributed by atoms with van der Waals surface area (Å²) >= 11 is 1.70. The Labute approximate surface area is 149 Å². The molecule has 1 aromatic heterocycles. The van der Waals surface area contributed by atoms with Crippen LogP contribution in [0.2, 0.25) is 0 Å². The standard InChI is InChI=1S/C20H16N2O2S/c23-17-8-3-1-7-14(17)20-22-16(13-6-2-4-9-18(13)24-20)12-15(21-22)19-10-5-11-25-19/h1-11,16,20,23H,12H2/t16-,20-/m1/s1. The molecule has 0 amide bonds. The molecule has 0 unspecified atom stereocenters. The minimum atomic E-state index is -0.432. The first-order valence-corrected chi connectivity index (χ1v) is 9.12. The molecule has 3 heterocycles. The highest BCUT2D eigenvalue weighted by molar-refractivity contribution is 7.12. The van der Waals surface area contributed by atoms with Gasteiger partial charge < -0.3 is 9.84 Å². The van der Waals surface area contributed by atoms with Crippen molar-refractivity contribution in [2.75, 3.05) is 0 Å². The predicted molar refractivity (Wildman–Crippen MR) is 98.0 cm³/mol. The highest BCUT2D eigenvalue weighted by Gasteiger charge is 2.41. The first-order valence-electron chi connectivity index (χ1n) is 8.24. The molecule has 0 saturated carbocycles. The molecule has 25 heavy (non-hydrogen) atoms. The number of hydrazone groups is 1. The van der Waals surface area contributed by atoms with Crippen LogP contribution in [0, 0.1) is 0 Å². The molecular formula is C20H16N2O2S. The summed E-state index contributed by atoms with van der Waals surface area (Å²) in [6, 6.07) is 19.7. The number of fused-ring (bicyclic) bond motifs is 3. The molecule has 4 nitrogen and oxygen atoms in total. The molecule has 0 spiro atoms. The molecule has 3 aromatic rings. The van der Waals surface area contributed by atoms with Gasteiger partial charge in [-0.25, -0.2) is 5.01 Å². The van der Waals surface area contributed by atoms with Crippen LogP contribution in [-0.4, -0.2) is 15.8 Å². The third kappa shape index (κ3) is 2.31. The maximum absolute atomic E-state index is 10.3. The highest BCUT2D eigenvalue weighted by Crippen LogP contribution is 2.48. The molecule has 1 N–H and O–H groups in total. The lowest BCUT2D eigenvalue weighted by Gasteiger charge is -2.38. The van der Waals surface area contributed by atoms with Crippen LogP contribution >= 0.6 is 11.3 Å². The molecule has 2 atom stereocenters. The van der Waals surface area contributed by atoms with E-state index in [1.165, 1.54) is 4.88 Å². The minimum Gasteiger partial charge on any atom is -0.507 e. The van der Waals surface area contributed by atoms with E-state index in [1.54, 1.807) is 17.4 Å². The molecule has 0 aliphatic carbocycles. The number of thiophene rings is 1. The number of para-hydroxylation sites is 2. The van der Waals surface area contributed by atoms with E-state index in [4.69, 9.17) is 9.84 Å². The fourth-order valence-electron chi connectivity index (χ4n) is 3.53. The third-order valence-corrected chi connectivity index (χ3v) is 5.63. The summed E-state index contributed by atoms with van der Waals surface area (Å²) in [6.45, 7) is 0. The molecular weight excluding hydrogens is 332 g/mol. The van der Waals surface area contributed by atoms with Crippen molar-refractivity contribution in [1.82, 2.24) is 5.01 Å². The average Bonchev–Trinajstić information content (AvgIpc) is 3.31. The van der Waals surface area contributed by atoms with Crippen LogP contribution < -0.4 is 4.74 Å². The lowest BCUT2D eigenvalue weighted by atomic mass is 9.97. The van der Waals surface area contributed by atoms with Crippen LogP contribution in [0.4, 0.5) is 0 Å². The zero-order valence-corrected chi connectivity index (χ0v) is 14.2. The molecule has 2 aliphatic heterocycles. The molecule has 0 bridgehead atoms. The van der Waals surface area contributed by atoms with Gasteiger partial charge in [0.15, 0.2) is 0 Å². The van der Waals surface area contributed by atoms with Crippen LogP contribution in [0.1, 0.15) is 34.7 Å². The third-order valence-electron chi connectivity index (χ3n) is 4.71. The monoisotopic (exact) mass is 348 g/mol. The summed E-state index contributed by atoms with van der Waals surface area (Å²) in [4.78, 5) is 1.18. The molecule has 5 rings (SSSR count). The van der Waals surface area contributed by atoms with E-state index in [2.05, 4.69) is 17.5 Å². The first kappa shape index (κ1) is 14.5. The number of hydrogen-bond acceptors (Lipinski definition) is 5. The van der Waals surface area contributed by atoms with Gasteiger partial charge >= 0.3 is 0 Å². The minimum absolute atomic E-state index is 0.117. The van der Waals surface area contributed by atoms with Crippen molar-refractivity contribution in [2.24, 2.45) is 5.10 Å². The number of nitrogens with zero attached hydrogens (tertiary/aromatic N) is 2. The van der Waals surface area contributed by atoms with Gasteiger partial charge in [-0.15, -0.1) is 11.3 Å². The summed E-state index contributed by atoms with van der Waals surface area (Å²) in [5, 5.41) is 19.3. The Balaban J connectivity index is 1.63. The van der Waals surface area contributed by atoms with Crippen molar-refractivity contribution in [3.63, 3.8) is 0 Å². The van der Waals surface area contributed by atoms with Gasteiger partial charge in [-0.1, -0.05) is 36.4 Å². The van der Waals surface area contributed by atoms with E-state index in [0.717, 1.165) is 29.0 Å². The Hall–Kier alpha value is -2.79. The fraction of sp³-hybridized carbons (Fsp3) is 0.150. The predicted octanol–water partition coefficient (Wildman–Crippen LogP) is 4.70. The second-order valence-electron chi connectivity index (χ2n) is 6.19. The van der Waals surface area contributed by atoms with E-state index in [-0.39, 0.29) is 11.8 Å². The highest BCUT2D eigenvalue weighted by atomic mass is 32.1. The summed E-state index contributed by atoms with van der Waals surface area (Å²) in [5.74, 6) is 1.09. The summed E-state index contributed by atoms with van der Waals surface area (Å²) in [6.07, 6.45) is 0.406. The van der Waals surface area contributed by atoms with E-state index in [0.29, 0.717) is 0 Å². The normalized spacial score (nSPS) is 21.3. The van der Waals surface area contributed by atoms with Crippen molar-refractivity contribution >= 4 is 17.0 Å². The fourth-order valence-corrected chi connectivity index (χ4v) is 4.25. The number of ether oxygens (including phenoxy) is 1. The molecule has 5 heteroatoms. The van der Waals surface area contributed by atoms with Gasteiger partial charge in [-0.3, -0.25) is 0 Å². The Morgan fingerprint density at radius 3 is 2.60 bits per heavy atom. The van der Waals surface area contributed by atoms with E-state index >= 15 is 0 Å². The second kappa shape index (κ2) is 5.63. The van der Waals surface area contributed by atoms with Gasteiger partial charge in [0.25, 0.3) is 0 Å². The van der Waals surface area contributed by atoms with E-state index in [1.807, 2.05) is 47.5 Å². The van der Waals surface area contributed by atoms with Crippen LogP contribution in [0.25, 0.3) is 0 Å². The maximum atomic E-state index is 10.3. The first-order chi connectivity index (χ1) is 12.3. The number of rotatable bonds is 2. The summed E-state index contributed by atoms with van der Waals surface area (Å²) < 4.78 is 6.24. The van der Waals surface area contributed by atoms with Crippen LogP contribution in [0.5, 0.6) is 11.5 Å². The van der Waals surface area contributed by atoms with Crippen LogP contribution in [0.3, 0.4) is 0 Å². The largest absolute Gasteiger partial charge is 0.507 e. The molecule has 0 radical (unpaired) electrons. The van der Waals surface area contributed by atoms with E-state index < -0.39 is 6.23 Å². The van der Waals surface area contributed by atoms with Gasteiger partial charge in [-0.05, 0) is 29.6 Å². The molecule has 2 aliphatic rings. The topological polar surface area (TPSA) is 45.1 Å².